The molecule has 0 amide bonds. The van der Waals surface area contributed by atoms with Gasteiger partial charge in [-0.2, -0.15) is 5.26 Å². The van der Waals surface area contributed by atoms with Crippen LogP contribution in [-0.4, -0.2) is 23.5 Å². The summed E-state index contributed by atoms with van der Waals surface area (Å²) in [6.45, 7) is 1.79. The van der Waals surface area contributed by atoms with E-state index in [0.29, 0.717) is 16.6 Å². The van der Waals surface area contributed by atoms with Gasteiger partial charge in [0.2, 0.25) is 0 Å². The molecule has 0 spiro atoms. The maximum Gasteiger partial charge on any atom is 0.165 e. The Morgan fingerprint density at radius 1 is 1.35 bits per heavy atom. The van der Waals surface area contributed by atoms with Crippen molar-refractivity contribution in [3.05, 3.63) is 62.3 Å². The fourth-order valence-electron chi connectivity index (χ4n) is 3.49. The lowest BCUT2D eigenvalue weighted by atomic mass is 9.91. The van der Waals surface area contributed by atoms with Crippen molar-refractivity contribution in [2.45, 2.75) is 13.0 Å². The van der Waals surface area contributed by atoms with Crippen LogP contribution in [-0.2, 0) is 13.0 Å². The fraction of sp³-hybridized carbons (Fsp3) is 0.200. The third-order valence-corrected chi connectivity index (χ3v) is 6.08. The van der Waals surface area contributed by atoms with E-state index in [9.17, 15) is 9.65 Å². The van der Waals surface area contributed by atoms with Crippen molar-refractivity contribution in [3.63, 3.8) is 0 Å². The Labute approximate surface area is 164 Å². The smallest absolute Gasteiger partial charge is 0.165 e. The predicted molar refractivity (Wildman–Crippen MR) is 105 cm³/mol. The van der Waals surface area contributed by atoms with E-state index in [1.54, 1.807) is 12.1 Å². The lowest BCUT2D eigenvalue weighted by Gasteiger charge is -2.26. The fourth-order valence-corrected chi connectivity index (χ4v) is 3.99. The maximum atomic E-state index is 14.7. The SMILES string of the molecule is CN1CCc2c(cccc2-c2nc3c(F)c(Br)c(Cl)cc3cc2C#N)C1. The summed E-state index contributed by atoms with van der Waals surface area (Å²) in [5, 5.41) is 10.4. The maximum absolute atomic E-state index is 14.7. The second-order valence-electron chi connectivity index (χ2n) is 6.49. The Kier molecular flexibility index (Phi) is 4.44. The van der Waals surface area contributed by atoms with Crippen molar-refractivity contribution in [1.82, 2.24) is 9.88 Å². The highest BCUT2D eigenvalue weighted by Crippen LogP contribution is 2.36. The molecule has 0 unspecified atom stereocenters. The van der Waals surface area contributed by atoms with Crippen LogP contribution in [0.25, 0.3) is 22.2 Å². The van der Waals surface area contributed by atoms with Gasteiger partial charge in [0.1, 0.15) is 11.6 Å². The summed E-state index contributed by atoms with van der Waals surface area (Å²) < 4.78 is 14.9. The third-order valence-electron chi connectivity index (χ3n) is 4.78. The molecule has 1 aromatic heterocycles. The molecule has 2 heterocycles. The van der Waals surface area contributed by atoms with Gasteiger partial charge in [-0.1, -0.05) is 29.8 Å². The zero-order chi connectivity index (χ0) is 18.4. The van der Waals surface area contributed by atoms with E-state index in [2.05, 4.69) is 45.0 Å². The number of fused-ring (bicyclic) bond motifs is 2. The molecular formula is C20H14BrClFN3. The largest absolute Gasteiger partial charge is 0.302 e. The molecule has 0 saturated carbocycles. The van der Waals surface area contributed by atoms with E-state index >= 15 is 0 Å². The van der Waals surface area contributed by atoms with Crippen molar-refractivity contribution < 1.29 is 4.39 Å². The molecule has 0 fully saturated rings. The van der Waals surface area contributed by atoms with Crippen LogP contribution < -0.4 is 0 Å². The van der Waals surface area contributed by atoms with E-state index < -0.39 is 5.82 Å². The number of nitrogens with zero attached hydrogens (tertiary/aromatic N) is 3. The molecule has 0 radical (unpaired) electrons. The van der Waals surface area contributed by atoms with Crippen LogP contribution in [0.4, 0.5) is 4.39 Å². The molecule has 1 aliphatic heterocycles. The summed E-state index contributed by atoms with van der Waals surface area (Å²) in [7, 11) is 2.08. The molecule has 3 nitrogen and oxygen atoms in total. The Hall–Kier alpha value is -2.00. The summed E-state index contributed by atoms with van der Waals surface area (Å²) in [5.74, 6) is -0.511. The van der Waals surface area contributed by atoms with Gasteiger partial charge in [0, 0.05) is 24.0 Å². The van der Waals surface area contributed by atoms with Crippen LogP contribution in [0.2, 0.25) is 5.02 Å². The lowest BCUT2D eigenvalue weighted by Crippen LogP contribution is -2.26. The summed E-state index contributed by atoms with van der Waals surface area (Å²) in [5.41, 5.74) is 4.46. The minimum Gasteiger partial charge on any atom is -0.302 e. The summed E-state index contributed by atoms with van der Waals surface area (Å²) in [6, 6.07) is 11.5. The van der Waals surface area contributed by atoms with E-state index in [0.717, 1.165) is 25.1 Å². The first kappa shape index (κ1) is 17.4. The Bertz CT molecular complexity index is 1090. The van der Waals surface area contributed by atoms with Gasteiger partial charge in [-0.15, -0.1) is 0 Å². The lowest BCUT2D eigenvalue weighted by molar-refractivity contribution is 0.313. The molecule has 1 aliphatic rings. The minimum atomic E-state index is -0.511. The molecule has 0 aliphatic carbocycles. The van der Waals surface area contributed by atoms with Gasteiger partial charge in [-0.25, -0.2) is 9.37 Å². The van der Waals surface area contributed by atoms with Crippen molar-refractivity contribution in [2.24, 2.45) is 0 Å². The van der Waals surface area contributed by atoms with Crippen LogP contribution in [0.3, 0.4) is 0 Å². The van der Waals surface area contributed by atoms with E-state index in [-0.39, 0.29) is 15.0 Å². The molecule has 26 heavy (non-hydrogen) atoms. The average Bonchev–Trinajstić information content (AvgIpc) is 2.64. The van der Waals surface area contributed by atoms with Crippen LogP contribution in [0.15, 0.2) is 34.8 Å². The van der Waals surface area contributed by atoms with Gasteiger partial charge < -0.3 is 4.90 Å². The molecule has 4 rings (SSSR count). The first-order chi connectivity index (χ1) is 12.5. The molecule has 6 heteroatoms. The highest BCUT2D eigenvalue weighted by molar-refractivity contribution is 9.10. The minimum absolute atomic E-state index is 0.187. The second kappa shape index (κ2) is 6.62. The van der Waals surface area contributed by atoms with E-state index in [4.69, 9.17) is 11.6 Å². The Balaban J connectivity index is 2.01. The van der Waals surface area contributed by atoms with Gasteiger partial charge in [-0.05, 0) is 52.7 Å². The van der Waals surface area contributed by atoms with Crippen molar-refractivity contribution in [3.8, 4) is 17.3 Å². The normalized spacial score (nSPS) is 14.3. The molecular weight excluding hydrogens is 417 g/mol. The van der Waals surface area contributed by atoms with Crippen LogP contribution >= 0.6 is 27.5 Å². The number of nitriles is 1. The monoisotopic (exact) mass is 429 g/mol. The first-order valence-corrected chi connectivity index (χ1v) is 9.34. The predicted octanol–water partition coefficient (Wildman–Crippen LogP) is 5.32. The standard InChI is InChI=1S/C20H14BrClFN3/c1-26-6-5-14-11(10-26)3-2-4-15(14)19-13(9-24)7-12-8-16(22)17(21)18(23)20(12)25-19/h2-4,7-8H,5-6,10H2,1H3. The molecule has 2 aromatic carbocycles. The van der Waals surface area contributed by atoms with Crippen LogP contribution in [0.1, 0.15) is 16.7 Å². The number of aromatic nitrogens is 1. The molecule has 3 aromatic rings. The number of rotatable bonds is 1. The molecule has 130 valence electrons. The molecule has 0 saturated heterocycles. The number of hydrogen-bond donors (Lipinski definition) is 0. The van der Waals surface area contributed by atoms with Gasteiger partial charge in [0.15, 0.2) is 5.82 Å². The van der Waals surface area contributed by atoms with Crippen LogP contribution in [0.5, 0.6) is 0 Å². The zero-order valence-corrected chi connectivity index (χ0v) is 16.3. The first-order valence-electron chi connectivity index (χ1n) is 8.17. The van der Waals surface area contributed by atoms with Gasteiger partial charge in [-0.3, -0.25) is 0 Å². The number of benzene rings is 2. The molecule has 0 bridgehead atoms. The summed E-state index contributed by atoms with van der Waals surface area (Å²) >= 11 is 9.22. The summed E-state index contributed by atoms with van der Waals surface area (Å²) in [4.78, 5) is 6.80. The van der Waals surface area contributed by atoms with Gasteiger partial charge in [0.05, 0.1) is 20.8 Å². The number of pyridine rings is 1. The second-order valence-corrected chi connectivity index (χ2v) is 7.69. The topological polar surface area (TPSA) is 39.9 Å². The third kappa shape index (κ3) is 2.79. The Morgan fingerprint density at radius 2 is 2.15 bits per heavy atom. The van der Waals surface area contributed by atoms with E-state index in [1.165, 1.54) is 11.1 Å². The van der Waals surface area contributed by atoms with Crippen molar-refractivity contribution in [2.75, 3.05) is 13.6 Å². The Morgan fingerprint density at radius 3 is 2.92 bits per heavy atom. The number of likely N-dealkylation sites (N-methyl/N-ethyl adjacent to an activating group) is 1. The number of hydrogen-bond acceptors (Lipinski definition) is 3. The van der Waals surface area contributed by atoms with Gasteiger partial charge in [0.25, 0.3) is 0 Å². The van der Waals surface area contributed by atoms with Crippen LogP contribution in [0, 0.1) is 17.1 Å². The summed E-state index contributed by atoms with van der Waals surface area (Å²) in [6.07, 6.45) is 0.874. The van der Waals surface area contributed by atoms with Crippen molar-refractivity contribution >= 4 is 38.4 Å². The van der Waals surface area contributed by atoms with E-state index in [1.807, 2.05) is 12.1 Å². The quantitative estimate of drug-likeness (QED) is 0.491. The van der Waals surface area contributed by atoms with Crippen molar-refractivity contribution in [1.29, 1.82) is 5.26 Å². The average molecular weight is 431 g/mol. The number of halogens is 3. The molecule has 0 N–H and O–H groups in total. The zero-order valence-electron chi connectivity index (χ0n) is 14.0. The highest BCUT2D eigenvalue weighted by atomic mass is 79.9. The molecule has 0 atom stereocenters. The highest BCUT2D eigenvalue weighted by Gasteiger charge is 2.21. The van der Waals surface area contributed by atoms with Gasteiger partial charge >= 0.3 is 0 Å².